The molecule has 8 nitrogen and oxygen atoms in total. The fourth-order valence-corrected chi connectivity index (χ4v) is 5.22. The van der Waals surface area contributed by atoms with Gasteiger partial charge in [0, 0.05) is 37.3 Å². The lowest BCUT2D eigenvalue weighted by Crippen LogP contribution is -2.44. The van der Waals surface area contributed by atoms with Crippen LogP contribution in [0.25, 0.3) is 10.9 Å². The zero-order valence-electron chi connectivity index (χ0n) is 18.5. The molecule has 0 aliphatic carbocycles. The van der Waals surface area contributed by atoms with Gasteiger partial charge in [0.2, 0.25) is 10.0 Å². The number of aromatic nitrogens is 2. The molecule has 33 heavy (non-hydrogen) atoms. The van der Waals surface area contributed by atoms with Crippen LogP contribution in [-0.4, -0.2) is 62.3 Å². The Bertz CT molecular complexity index is 1270. The molecular formula is C22H26ClFN6O2S. The van der Waals surface area contributed by atoms with Gasteiger partial charge in [-0.2, -0.15) is 0 Å². The summed E-state index contributed by atoms with van der Waals surface area (Å²) in [5.74, 6) is 0.176. The highest BCUT2D eigenvalue weighted by Crippen LogP contribution is 2.36. The van der Waals surface area contributed by atoms with Gasteiger partial charge in [0.05, 0.1) is 27.7 Å². The quantitative estimate of drug-likeness (QED) is 0.513. The van der Waals surface area contributed by atoms with E-state index < -0.39 is 15.8 Å². The Kier molecular flexibility index (Phi) is 6.87. The smallest absolute Gasteiger partial charge is 0.232 e. The van der Waals surface area contributed by atoms with Crippen LogP contribution >= 0.6 is 11.6 Å². The van der Waals surface area contributed by atoms with Crippen LogP contribution in [0.3, 0.4) is 0 Å². The molecule has 4 rings (SSSR count). The maximum absolute atomic E-state index is 14.7. The molecule has 1 aliphatic heterocycles. The first-order chi connectivity index (χ1) is 15.8. The minimum absolute atomic E-state index is 0.00860. The lowest BCUT2D eigenvalue weighted by atomic mass is 10.1. The molecule has 176 valence electrons. The Balaban J connectivity index is 1.67. The number of sulfonamides is 1. The number of hydrogen-bond acceptors (Lipinski definition) is 7. The molecule has 2 N–H and O–H groups in total. The number of piperazine rings is 1. The van der Waals surface area contributed by atoms with Gasteiger partial charge in [-0.05, 0) is 43.8 Å². The van der Waals surface area contributed by atoms with Crippen molar-refractivity contribution in [3.05, 3.63) is 47.5 Å². The fraction of sp³-hybridized carbons (Fsp3) is 0.364. The molecule has 0 atom stereocenters. The molecule has 1 aliphatic rings. The number of nitrogens with one attached hydrogen (secondary N) is 2. The molecule has 0 bridgehead atoms. The van der Waals surface area contributed by atoms with Crippen molar-refractivity contribution in [3.8, 4) is 0 Å². The molecule has 0 spiro atoms. The molecule has 0 unspecified atom stereocenters. The van der Waals surface area contributed by atoms with E-state index in [9.17, 15) is 12.8 Å². The van der Waals surface area contributed by atoms with Crippen molar-refractivity contribution in [1.29, 1.82) is 0 Å². The van der Waals surface area contributed by atoms with E-state index in [0.29, 0.717) is 12.1 Å². The van der Waals surface area contributed by atoms with Gasteiger partial charge in [-0.3, -0.25) is 4.72 Å². The second kappa shape index (κ2) is 9.66. The number of nitrogens with zero attached hydrogens (tertiary/aromatic N) is 4. The van der Waals surface area contributed by atoms with Gasteiger partial charge in [-0.1, -0.05) is 18.5 Å². The number of likely N-dealkylation sites (N-methyl/N-ethyl adjacent to an activating group) is 1. The predicted octanol–water partition coefficient (Wildman–Crippen LogP) is 4.07. The Morgan fingerprint density at radius 1 is 1.12 bits per heavy atom. The third-order valence-electron chi connectivity index (χ3n) is 5.52. The summed E-state index contributed by atoms with van der Waals surface area (Å²) >= 11 is 6.39. The van der Waals surface area contributed by atoms with Crippen LogP contribution in [0.15, 0.2) is 36.7 Å². The van der Waals surface area contributed by atoms with Gasteiger partial charge >= 0.3 is 0 Å². The third-order valence-corrected chi connectivity index (χ3v) is 7.39. The minimum atomic E-state index is -3.57. The van der Waals surface area contributed by atoms with Crippen LogP contribution < -0.4 is 14.9 Å². The summed E-state index contributed by atoms with van der Waals surface area (Å²) in [6.45, 7) is 5.33. The van der Waals surface area contributed by atoms with Gasteiger partial charge < -0.3 is 15.1 Å². The van der Waals surface area contributed by atoms with Crippen molar-refractivity contribution in [2.24, 2.45) is 0 Å². The maximum Gasteiger partial charge on any atom is 0.232 e. The molecule has 2 heterocycles. The molecule has 2 aromatic carbocycles. The summed E-state index contributed by atoms with van der Waals surface area (Å²) < 4.78 is 41.4. The van der Waals surface area contributed by atoms with Crippen LogP contribution in [0.2, 0.25) is 5.02 Å². The summed E-state index contributed by atoms with van der Waals surface area (Å²) in [4.78, 5) is 13.3. The molecule has 11 heteroatoms. The highest BCUT2D eigenvalue weighted by Gasteiger charge is 2.20. The molecule has 1 saturated heterocycles. The second-order valence-corrected chi connectivity index (χ2v) is 10.3. The van der Waals surface area contributed by atoms with Crippen LogP contribution in [0.5, 0.6) is 0 Å². The molecule has 0 amide bonds. The largest absolute Gasteiger partial charge is 0.353 e. The van der Waals surface area contributed by atoms with E-state index in [1.54, 1.807) is 19.3 Å². The van der Waals surface area contributed by atoms with Crippen molar-refractivity contribution in [1.82, 2.24) is 14.9 Å². The SMILES string of the molecule is CCCS(=O)(=O)Nc1ccc(F)c(Nc2ccc3ncnc(N4CCN(C)CC4)c3c2)c1Cl. The minimum Gasteiger partial charge on any atom is -0.353 e. The van der Waals surface area contributed by atoms with E-state index in [2.05, 4.69) is 36.9 Å². The summed E-state index contributed by atoms with van der Waals surface area (Å²) in [5.41, 5.74) is 1.47. The van der Waals surface area contributed by atoms with E-state index in [1.165, 1.54) is 12.1 Å². The van der Waals surface area contributed by atoms with Crippen molar-refractivity contribution < 1.29 is 12.8 Å². The fourth-order valence-electron chi connectivity index (χ4n) is 3.77. The Hall–Kier alpha value is -2.69. The Morgan fingerprint density at radius 2 is 1.88 bits per heavy atom. The van der Waals surface area contributed by atoms with Crippen molar-refractivity contribution in [2.75, 3.05) is 53.9 Å². The first-order valence-corrected chi connectivity index (χ1v) is 12.7. The summed E-state index contributed by atoms with van der Waals surface area (Å²) in [6.07, 6.45) is 2.00. The van der Waals surface area contributed by atoms with Crippen LogP contribution in [0.4, 0.5) is 27.3 Å². The maximum atomic E-state index is 14.7. The summed E-state index contributed by atoms with van der Waals surface area (Å²) in [5, 5.41) is 3.80. The second-order valence-electron chi connectivity index (χ2n) is 8.05. The molecule has 0 saturated carbocycles. The molecule has 1 fully saturated rings. The number of anilines is 4. The Labute approximate surface area is 197 Å². The molecular weight excluding hydrogens is 467 g/mol. The van der Waals surface area contributed by atoms with Crippen molar-refractivity contribution in [3.63, 3.8) is 0 Å². The van der Waals surface area contributed by atoms with E-state index in [-0.39, 0.29) is 22.2 Å². The molecule has 0 radical (unpaired) electrons. The highest BCUT2D eigenvalue weighted by molar-refractivity contribution is 7.92. The Morgan fingerprint density at radius 3 is 2.61 bits per heavy atom. The first kappa shape index (κ1) is 23.5. The van der Waals surface area contributed by atoms with Gasteiger partial charge in [0.1, 0.15) is 18.0 Å². The van der Waals surface area contributed by atoms with E-state index >= 15 is 0 Å². The standard InChI is InChI=1S/C22H26ClFN6O2S/c1-3-12-33(31,32)28-19-7-5-17(24)21(20(19)23)27-15-4-6-18-16(13-15)22(26-14-25-18)30-10-8-29(2)9-11-30/h4-7,13-14,27-28H,3,8-12H2,1-2H3. The van der Waals surface area contributed by atoms with Gasteiger partial charge in [0.15, 0.2) is 0 Å². The van der Waals surface area contributed by atoms with Crippen molar-refractivity contribution in [2.45, 2.75) is 13.3 Å². The zero-order valence-corrected chi connectivity index (χ0v) is 20.0. The van der Waals surface area contributed by atoms with Crippen LogP contribution in [0, 0.1) is 5.82 Å². The third kappa shape index (κ3) is 5.29. The molecule has 3 aromatic rings. The summed E-state index contributed by atoms with van der Waals surface area (Å²) in [6, 6.07) is 7.95. The van der Waals surface area contributed by atoms with E-state index in [4.69, 9.17) is 11.6 Å². The average molecular weight is 493 g/mol. The lowest BCUT2D eigenvalue weighted by molar-refractivity contribution is 0.312. The van der Waals surface area contributed by atoms with Gasteiger partial charge in [-0.15, -0.1) is 0 Å². The number of rotatable bonds is 7. The normalized spacial score (nSPS) is 15.1. The van der Waals surface area contributed by atoms with Gasteiger partial charge in [0.25, 0.3) is 0 Å². The summed E-state index contributed by atoms with van der Waals surface area (Å²) in [7, 11) is -1.48. The van der Waals surface area contributed by atoms with Gasteiger partial charge in [-0.25, -0.2) is 22.8 Å². The van der Waals surface area contributed by atoms with Crippen LogP contribution in [0.1, 0.15) is 13.3 Å². The monoisotopic (exact) mass is 492 g/mol. The highest BCUT2D eigenvalue weighted by atomic mass is 35.5. The average Bonchev–Trinajstić information content (AvgIpc) is 2.78. The molecule has 1 aromatic heterocycles. The van der Waals surface area contributed by atoms with Crippen LogP contribution in [-0.2, 0) is 10.0 Å². The number of benzene rings is 2. The number of hydrogen-bond donors (Lipinski definition) is 2. The number of halogens is 2. The first-order valence-electron chi connectivity index (χ1n) is 10.7. The van der Waals surface area contributed by atoms with E-state index in [0.717, 1.165) is 42.9 Å². The zero-order chi connectivity index (χ0) is 23.6. The van der Waals surface area contributed by atoms with Crippen molar-refractivity contribution >= 4 is 55.4 Å². The predicted molar refractivity (Wildman–Crippen MR) is 132 cm³/mol. The number of fused-ring (bicyclic) bond motifs is 1. The lowest BCUT2D eigenvalue weighted by Gasteiger charge is -2.33. The topological polar surface area (TPSA) is 90.5 Å². The van der Waals surface area contributed by atoms with E-state index in [1.807, 2.05) is 12.1 Å².